The van der Waals surface area contributed by atoms with Gasteiger partial charge >= 0.3 is 6.09 Å². The van der Waals surface area contributed by atoms with Gasteiger partial charge in [-0.25, -0.2) is 9.18 Å². The summed E-state index contributed by atoms with van der Waals surface area (Å²) in [6.45, 7) is 8.86. The molecule has 0 aliphatic carbocycles. The zero-order valence-electron chi connectivity index (χ0n) is 13.8. The Bertz CT molecular complexity index is 532. The Labute approximate surface area is 131 Å². The van der Waals surface area contributed by atoms with Crippen molar-refractivity contribution in [2.24, 2.45) is 0 Å². The van der Waals surface area contributed by atoms with Gasteiger partial charge in [0.15, 0.2) is 0 Å². The highest BCUT2D eigenvalue weighted by atomic mass is 19.1. The summed E-state index contributed by atoms with van der Waals surface area (Å²) in [5, 5.41) is 3.38. The van der Waals surface area contributed by atoms with Gasteiger partial charge in [-0.15, -0.1) is 0 Å². The van der Waals surface area contributed by atoms with E-state index < -0.39 is 5.60 Å². The lowest BCUT2D eigenvalue weighted by molar-refractivity contribution is 0.0210. The molecule has 0 unspecified atom stereocenters. The molecule has 0 spiro atoms. The van der Waals surface area contributed by atoms with Crippen LogP contribution in [0.3, 0.4) is 0 Å². The minimum atomic E-state index is -0.467. The fourth-order valence-electron chi connectivity index (χ4n) is 2.50. The molecular weight excluding hydrogens is 283 g/mol. The van der Waals surface area contributed by atoms with E-state index in [1.807, 2.05) is 27.7 Å². The standard InChI is InChI=1S/C17H25FN2O2/c1-12-5-6-13(18)11-15(12)19-14-7-9-20(10-8-14)16(21)22-17(2,3)4/h5-6,11,14,19H,7-10H2,1-4H3. The van der Waals surface area contributed by atoms with Gasteiger partial charge in [0.1, 0.15) is 11.4 Å². The molecule has 1 aromatic carbocycles. The van der Waals surface area contributed by atoms with E-state index in [0.29, 0.717) is 13.1 Å². The monoisotopic (exact) mass is 308 g/mol. The van der Waals surface area contributed by atoms with Crippen LogP contribution in [-0.4, -0.2) is 35.7 Å². The molecule has 22 heavy (non-hydrogen) atoms. The third-order valence-electron chi connectivity index (χ3n) is 3.71. The van der Waals surface area contributed by atoms with Gasteiger partial charge in [0, 0.05) is 24.8 Å². The summed E-state index contributed by atoms with van der Waals surface area (Å²) in [4.78, 5) is 13.7. The van der Waals surface area contributed by atoms with Crippen molar-refractivity contribution >= 4 is 11.8 Å². The van der Waals surface area contributed by atoms with Gasteiger partial charge in [-0.2, -0.15) is 0 Å². The number of likely N-dealkylation sites (tertiary alicyclic amines) is 1. The lowest BCUT2D eigenvalue weighted by atomic mass is 10.0. The lowest BCUT2D eigenvalue weighted by Gasteiger charge is -2.34. The van der Waals surface area contributed by atoms with E-state index >= 15 is 0 Å². The van der Waals surface area contributed by atoms with Gasteiger partial charge in [0.25, 0.3) is 0 Å². The van der Waals surface area contributed by atoms with Crippen molar-refractivity contribution in [2.75, 3.05) is 18.4 Å². The van der Waals surface area contributed by atoms with Crippen LogP contribution in [-0.2, 0) is 4.74 Å². The van der Waals surface area contributed by atoms with Gasteiger partial charge in [-0.3, -0.25) is 0 Å². The van der Waals surface area contributed by atoms with Crippen molar-refractivity contribution in [3.05, 3.63) is 29.6 Å². The van der Waals surface area contributed by atoms with E-state index in [0.717, 1.165) is 24.1 Å². The van der Waals surface area contributed by atoms with Gasteiger partial charge in [0.2, 0.25) is 0 Å². The highest BCUT2D eigenvalue weighted by Gasteiger charge is 2.26. The highest BCUT2D eigenvalue weighted by molar-refractivity contribution is 5.68. The fourth-order valence-corrected chi connectivity index (χ4v) is 2.50. The molecule has 1 aliphatic heterocycles. The Kier molecular flexibility index (Phi) is 4.94. The Morgan fingerprint density at radius 2 is 1.95 bits per heavy atom. The van der Waals surface area contributed by atoms with Gasteiger partial charge < -0.3 is 15.0 Å². The minimum Gasteiger partial charge on any atom is -0.444 e. The largest absolute Gasteiger partial charge is 0.444 e. The SMILES string of the molecule is Cc1ccc(F)cc1NC1CCN(C(=O)OC(C)(C)C)CC1. The summed E-state index contributed by atoms with van der Waals surface area (Å²) in [5.74, 6) is -0.237. The van der Waals surface area contributed by atoms with E-state index in [9.17, 15) is 9.18 Å². The first-order valence-corrected chi connectivity index (χ1v) is 7.75. The second-order valence-electron chi connectivity index (χ2n) is 6.85. The molecule has 1 amide bonds. The normalized spacial score (nSPS) is 16.5. The highest BCUT2D eigenvalue weighted by Crippen LogP contribution is 2.22. The van der Waals surface area contributed by atoms with Crippen molar-refractivity contribution < 1.29 is 13.9 Å². The van der Waals surface area contributed by atoms with Crippen LogP contribution in [0.2, 0.25) is 0 Å². The Balaban J connectivity index is 1.87. The van der Waals surface area contributed by atoms with Crippen molar-refractivity contribution in [2.45, 2.75) is 52.2 Å². The second-order valence-corrected chi connectivity index (χ2v) is 6.85. The van der Waals surface area contributed by atoms with Crippen LogP contribution in [0.25, 0.3) is 0 Å². The number of piperidine rings is 1. The molecule has 0 atom stereocenters. The number of ether oxygens (including phenoxy) is 1. The lowest BCUT2D eigenvalue weighted by Crippen LogP contribution is -2.44. The van der Waals surface area contributed by atoms with Crippen LogP contribution in [0.1, 0.15) is 39.2 Å². The first-order chi connectivity index (χ1) is 10.2. The van der Waals surface area contributed by atoms with Crippen molar-refractivity contribution in [3.8, 4) is 0 Å². The minimum absolute atomic E-state index is 0.237. The van der Waals surface area contributed by atoms with Crippen LogP contribution in [0.15, 0.2) is 18.2 Å². The number of benzene rings is 1. The molecule has 0 saturated carbocycles. The summed E-state index contributed by atoms with van der Waals surface area (Å²) in [6, 6.07) is 5.01. The zero-order chi connectivity index (χ0) is 16.3. The number of rotatable bonds is 2. The summed E-state index contributed by atoms with van der Waals surface area (Å²) in [6.07, 6.45) is 1.40. The molecule has 0 bridgehead atoms. The Morgan fingerprint density at radius 1 is 1.32 bits per heavy atom. The number of carbonyl (C=O) groups is 1. The van der Waals surface area contributed by atoms with E-state index in [4.69, 9.17) is 4.74 Å². The average molecular weight is 308 g/mol. The van der Waals surface area contributed by atoms with Gasteiger partial charge in [0.05, 0.1) is 0 Å². The number of aryl methyl sites for hydroxylation is 1. The van der Waals surface area contributed by atoms with Gasteiger partial charge in [-0.05, 0) is 58.2 Å². The van der Waals surface area contributed by atoms with Crippen molar-refractivity contribution in [1.29, 1.82) is 0 Å². The van der Waals surface area contributed by atoms with Crippen LogP contribution in [0.5, 0.6) is 0 Å². The molecular formula is C17H25FN2O2. The van der Waals surface area contributed by atoms with Crippen LogP contribution >= 0.6 is 0 Å². The van der Waals surface area contributed by atoms with Crippen molar-refractivity contribution in [1.82, 2.24) is 4.90 Å². The molecule has 122 valence electrons. The third kappa shape index (κ3) is 4.61. The fraction of sp³-hybridized carbons (Fsp3) is 0.588. The summed E-state index contributed by atoms with van der Waals surface area (Å²) in [5.41, 5.74) is 1.39. The molecule has 1 aliphatic rings. The van der Waals surface area contributed by atoms with E-state index in [1.165, 1.54) is 12.1 Å². The molecule has 5 heteroatoms. The maximum Gasteiger partial charge on any atom is 0.410 e. The van der Waals surface area contributed by atoms with Gasteiger partial charge in [-0.1, -0.05) is 6.07 Å². The van der Waals surface area contributed by atoms with Crippen LogP contribution in [0.4, 0.5) is 14.9 Å². The molecule has 1 aromatic rings. The molecule has 1 saturated heterocycles. The molecule has 4 nitrogen and oxygen atoms in total. The van der Waals surface area contributed by atoms with Crippen LogP contribution in [0, 0.1) is 12.7 Å². The Morgan fingerprint density at radius 3 is 2.55 bits per heavy atom. The number of carbonyl (C=O) groups excluding carboxylic acids is 1. The molecule has 2 rings (SSSR count). The summed E-state index contributed by atoms with van der Waals surface area (Å²) < 4.78 is 18.7. The number of nitrogens with one attached hydrogen (secondary N) is 1. The number of halogens is 1. The molecule has 0 radical (unpaired) electrons. The molecule has 0 aromatic heterocycles. The first kappa shape index (κ1) is 16.6. The number of anilines is 1. The summed E-state index contributed by atoms with van der Waals surface area (Å²) in [7, 11) is 0. The number of hydrogen-bond acceptors (Lipinski definition) is 3. The van der Waals surface area contributed by atoms with Crippen LogP contribution < -0.4 is 5.32 Å². The predicted molar refractivity (Wildman–Crippen MR) is 85.6 cm³/mol. The quantitative estimate of drug-likeness (QED) is 0.899. The predicted octanol–water partition coefficient (Wildman–Crippen LogP) is 3.95. The van der Waals surface area contributed by atoms with E-state index in [2.05, 4.69) is 5.32 Å². The molecule has 1 N–H and O–H groups in total. The molecule has 1 fully saturated rings. The Hall–Kier alpha value is -1.78. The zero-order valence-corrected chi connectivity index (χ0v) is 13.8. The smallest absolute Gasteiger partial charge is 0.410 e. The first-order valence-electron chi connectivity index (χ1n) is 7.75. The number of amides is 1. The molecule has 1 heterocycles. The maximum absolute atomic E-state index is 13.3. The maximum atomic E-state index is 13.3. The third-order valence-corrected chi connectivity index (χ3v) is 3.71. The van der Waals surface area contributed by atoms with Crippen molar-refractivity contribution in [3.63, 3.8) is 0 Å². The number of hydrogen-bond donors (Lipinski definition) is 1. The second kappa shape index (κ2) is 6.55. The van der Waals surface area contributed by atoms with E-state index in [1.54, 1.807) is 11.0 Å². The average Bonchev–Trinajstić information content (AvgIpc) is 2.42. The summed E-state index contributed by atoms with van der Waals surface area (Å²) >= 11 is 0. The topological polar surface area (TPSA) is 41.6 Å². The van der Waals surface area contributed by atoms with E-state index in [-0.39, 0.29) is 18.0 Å². The number of nitrogens with zero attached hydrogens (tertiary/aromatic N) is 1.